The van der Waals surface area contributed by atoms with Crippen LogP contribution in [0.2, 0.25) is 25.8 Å². The summed E-state index contributed by atoms with van der Waals surface area (Å²) in [5, 5.41) is 38.4. The largest absolute Gasteiger partial charge is 1.00 e. The summed E-state index contributed by atoms with van der Waals surface area (Å²) in [6, 6.07) is 45.4. The Kier molecular flexibility index (Phi) is 36.2. The zero-order valence-corrected chi connectivity index (χ0v) is 65.0. The van der Waals surface area contributed by atoms with Gasteiger partial charge in [-0.3, -0.25) is 29.5 Å². The third-order valence-electron chi connectivity index (χ3n) is 14.7. The van der Waals surface area contributed by atoms with Gasteiger partial charge in [-0.1, -0.05) is 53.0 Å². The number of aromatic nitrogens is 12. The van der Waals surface area contributed by atoms with E-state index < -0.39 is 0 Å². The van der Waals surface area contributed by atoms with Gasteiger partial charge in [0.2, 0.25) is 16.5 Å². The standard InChI is InChI=1S/C27H29ClN8O.C15H12ClN5.C12H18ClN3O.C11H11N3.C4H2Cl2N2.CH2O3.2Na.H/c1-19-5-7-23(26(31-19)22-4-2-3-10-29-22)33-25-9-11-30-27(34-25)32-20-6-8-24(21(28)18-20)36-14-12-35(13-15-36)16-17-37;1-10-5-6-12(20-13-7-9-18-15(16)21-13)14(19-10)11-4-2-3-8-17-11;13-11-9-10(14)1-2-12(11)16-5-3-15(4-6-16)7-8-17;1-8-5-6-9(12)11(14-8)10-4-2-3-7-13-10;5-3-1-2-7-4(6)8-3;2-1-4-3;;;/h2-11,18,37H,12-17H2,1H3,(H2,30,32,33,34);2-9H,1H3,(H,18,20,21);1-2,9,17H,3-8,14H2;2-7H,12H2,1H3;1-2H;1,3H;;;/q;;;;;;2*+1;-1/p-1. The molecule has 11 heterocycles. The molecule has 11 aromatic rings. The predicted molar refractivity (Wildman–Crippen MR) is 399 cm³/mol. The topological polar surface area (TPSA) is 346 Å². The smallest absolute Gasteiger partial charge is 1.00 e. The molecule has 2 aromatic carbocycles. The minimum absolute atomic E-state index is 0. The fourth-order valence-electron chi connectivity index (χ4n) is 9.93. The Hall–Kier alpha value is -8.10. The first-order valence-corrected chi connectivity index (χ1v) is 33.3. The molecule has 0 unspecified atom stereocenters. The van der Waals surface area contributed by atoms with E-state index in [0.29, 0.717) is 50.7 Å². The van der Waals surface area contributed by atoms with Gasteiger partial charge in [0.1, 0.15) is 33.9 Å². The minimum Gasteiger partial charge on any atom is -1.00 e. The number of rotatable bonds is 16. The van der Waals surface area contributed by atoms with Gasteiger partial charge in [-0.05, 0) is 171 Å². The van der Waals surface area contributed by atoms with Crippen molar-refractivity contribution >= 4 is 122 Å². The van der Waals surface area contributed by atoms with Crippen LogP contribution in [0.1, 0.15) is 18.5 Å². The van der Waals surface area contributed by atoms with Crippen molar-refractivity contribution in [3.8, 4) is 34.2 Å². The van der Waals surface area contributed by atoms with Crippen LogP contribution < -0.4 is 102 Å². The van der Waals surface area contributed by atoms with Crippen LogP contribution in [0.4, 0.5) is 57.4 Å². The summed E-state index contributed by atoms with van der Waals surface area (Å²) in [6.45, 7) is 14.9. The maximum atomic E-state index is 9.15. The molecule has 26 nitrogen and oxygen atoms in total. The van der Waals surface area contributed by atoms with E-state index in [0.717, 1.165) is 139 Å². The summed E-state index contributed by atoms with van der Waals surface area (Å²) in [7, 11) is 0. The number of pyridine rings is 6. The first-order valence-electron chi connectivity index (χ1n) is 31.4. The molecule has 33 heteroatoms. The van der Waals surface area contributed by atoms with E-state index in [1.807, 2.05) is 142 Å². The Balaban J connectivity index is 0.000000248. The Morgan fingerprint density at radius 3 is 1.35 bits per heavy atom. The fourth-order valence-corrected chi connectivity index (χ4v) is 11.0. The Morgan fingerprint density at radius 2 is 0.922 bits per heavy atom. The summed E-state index contributed by atoms with van der Waals surface area (Å²) in [4.78, 5) is 71.1. The predicted octanol–water partition coefficient (Wildman–Crippen LogP) is 5.55. The number of benzene rings is 2. The van der Waals surface area contributed by atoms with Gasteiger partial charge in [-0.25, -0.2) is 39.9 Å². The maximum Gasteiger partial charge on any atom is 1.00 e. The number of hydrogen-bond acceptors (Lipinski definition) is 26. The van der Waals surface area contributed by atoms with E-state index in [1.165, 1.54) is 6.20 Å². The van der Waals surface area contributed by atoms with E-state index in [9.17, 15) is 0 Å². The van der Waals surface area contributed by atoms with Crippen molar-refractivity contribution in [1.82, 2.24) is 69.6 Å². The quantitative estimate of drug-likeness (QED) is 0.0119. The van der Waals surface area contributed by atoms with Crippen molar-refractivity contribution < 1.29 is 85.7 Å². The van der Waals surface area contributed by atoms with Gasteiger partial charge in [0.15, 0.2) is 0 Å². The number of β-amino-alcohol motifs (C(OH)–C–C–N with tert-alkyl or cyclic N) is 2. The molecule has 2 aliphatic heterocycles. The Bertz CT molecular complexity index is 4370. The number of halogens is 5. The van der Waals surface area contributed by atoms with Crippen LogP contribution in [0.15, 0.2) is 183 Å². The second-order valence-corrected chi connectivity index (χ2v) is 23.8. The van der Waals surface area contributed by atoms with Gasteiger partial charge in [0, 0.05) is 131 Å². The summed E-state index contributed by atoms with van der Waals surface area (Å²) < 4.78 is 0. The maximum absolute atomic E-state index is 9.15. The molecule has 0 radical (unpaired) electrons. The van der Waals surface area contributed by atoms with Crippen molar-refractivity contribution in [2.45, 2.75) is 20.8 Å². The van der Waals surface area contributed by atoms with Gasteiger partial charge in [-0.15, -0.1) is 0 Å². The first kappa shape index (κ1) is 83.8. The molecule has 0 atom stereocenters. The summed E-state index contributed by atoms with van der Waals surface area (Å²) in [6.07, 6.45) is 10.0. The molecule has 9 N–H and O–H groups in total. The minimum atomic E-state index is -0.181. The van der Waals surface area contributed by atoms with Crippen molar-refractivity contribution in [2.75, 3.05) is 116 Å². The molecule has 9 aromatic heterocycles. The van der Waals surface area contributed by atoms with Crippen LogP contribution in [0.25, 0.3) is 34.2 Å². The third kappa shape index (κ3) is 27.5. The number of nitrogens with zero attached hydrogens (tertiary/aromatic N) is 16. The Labute approximate surface area is 667 Å². The molecular weight excluding hydrogens is 1440 g/mol. The summed E-state index contributed by atoms with van der Waals surface area (Å²) in [5.41, 5.74) is 24.8. The zero-order chi connectivity index (χ0) is 71.9. The Morgan fingerprint density at radius 1 is 0.485 bits per heavy atom. The van der Waals surface area contributed by atoms with Gasteiger partial charge >= 0.3 is 59.1 Å². The first-order chi connectivity index (χ1) is 49.0. The van der Waals surface area contributed by atoms with Crippen LogP contribution in [0.5, 0.6) is 0 Å². The van der Waals surface area contributed by atoms with Crippen LogP contribution in [-0.2, 0) is 9.68 Å². The number of carbonyl (C=O) groups excluding carboxylic acids is 1. The molecule has 0 saturated carbocycles. The molecule has 0 spiro atoms. The number of anilines is 10. The van der Waals surface area contributed by atoms with Crippen molar-refractivity contribution in [3.05, 3.63) is 226 Å². The van der Waals surface area contributed by atoms with Gasteiger partial charge in [0.05, 0.1) is 68.8 Å². The molecule has 2 aliphatic rings. The zero-order valence-electron chi connectivity index (χ0n) is 58.2. The molecule has 526 valence electrons. The average Bonchev–Trinajstić information content (AvgIpc) is 0.845. The van der Waals surface area contributed by atoms with E-state index in [2.05, 4.69) is 100 Å². The number of aliphatic hydroxyl groups is 2. The van der Waals surface area contributed by atoms with Crippen molar-refractivity contribution in [2.24, 2.45) is 0 Å². The second-order valence-electron chi connectivity index (χ2n) is 21.9. The van der Waals surface area contributed by atoms with Crippen LogP contribution >= 0.6 is 58.0 Å². The molecule has 13 rings (SSSR count). The number of hydrogen-bond donors (Lipinski definition) is 7. The van der Waals surface area contributed by atoms with E-state index >= 15 is 0 Å². The number of nitrogens with two attached hydrogens (primary N) is 2. The number of piperazine rings is 2. The second kappa shape index (κ2) is 44.5. The molecule has 0 bridgehead atoms. The number of nitrogens with one attached hydrogen (secondary N) is 3. The number of aryl methyl sites for hydroxylation is 3. The normalized spacial score (nSPS) is 12.3. The van der Waals surface area contributed by atoms with Crippen LogP contribution in [-0.4, -0.2) is 165 Å². The van der Waals surface area contributed by atoms with Gasteiger partial charge in [-0.2, -0.15) is 4.98 Å². The van der Waals surface area contributed by atoms with Crippen LogP contribution in [0.3, 0.4) is 0 Å². The molecule has 0 aliphatic carbocycles. The number of nitrogen functional groups attached to an aromatic ring is 2. The van der Waals surface area contributed by atoms with Gasteiger partial charge < -0.3 is 59.0 Å². The van der Waals surface area contributed by atoms with Gasteiger partial charge in [0.25, 0.3) is 6.47 Å². The monoisotopic (exact) mass is 1510 g/mol. The SMILES string of the molecule is Cc1ccc(N)c(-c2ccccn2)n1.Cc1ccc(Nc2ccnc(Cl)n2)c(-c2ccccn2)n1.Cc1ccc(Nc2ccnc(Nc3ccc(N4CCN(CCO)CC4)c(Cl)c3)n2)c(-c2ccccn2)n1.Clc1ccnc(Cl)n1.Nc1ccc(N2CCN(CCO)CC2)c(Cl)c1.O=CO[O-].[H-].[Na+].[Na+]. The molecule has 0 amide bonds. The van der Waals surface area contributed by atoms with Crippen LogP contribution in [0, 0.1) is 20.8 Å². The van der Waals surface area contributed by atoms with E-state index in [1.54, 1.807) is 55.2 Å². The average molecular weight is 1510 g/mol. The molecular formula is C70H74Cl5N21Na2O5. The fraction of sp³-hybridized carbons (Fsp3) is 0.214. The molecule has 2 saturated heterocycles. The summed E-state index contributed by atoms with van der Waals surface area (Å²) >= 11 is 29.4. The summed E-state index contributed by atoms with van der Waals surface area (Å²) in [5.74, 6) is 1.69. The number of aliphatic hydroxyl groups excluding tert-OH is 2. The number of carbonyl (C=O) groups is 1. The molecule has 2 fully saturated rings. The van der Waals surface area contributed by atoms with E-state index in [-0.39, 0.29) is 90.8 Å². The third-order valence-corrected chi connectivity index (χ3v) is 15.9. The van der Waals surface area contributed by atoms with E-state index in [4.69, 9.17) is 89.7 Å². The van der Waals surface area contributed by atoms with Crippen molar-refractivity contribution in [3.63, 3.8) is 0 Å². The molecule has 103 heavy (non-hydrogen) atoms. The van der Waals surface area contributed by atoms with Crippen molar-refractivity contribution in [1.29, 1.82) is 0 Å².